The summed E-state index contributed by atoms with van der Waals surface area (Å²) in [6.45, 7) is 1.89. The maximum atomic E-state index is 11.4. The zero-order valence-corrected chi connectivity index (χ0v) is 11.2. The highest BCUT2D eigenvalue weighted by Crippen LogP contribution is 2.21. The first kappa shape index (κ1) is 15.1. The Morgan fingerprint density at radius 3 is 2.58 bits per heavy atom. The molecule has 0 atom stereocenters. The van der Waals surface area contributed by atoms with E-state index in [2.05, 4.69) is 10.6 Å². The number of nitrogens with one attached hydrogen (secondary N) is 2. The third kappa shape index (κ3) is 4.69. The molecule has 0 radical (unpaired) electrons. The second-order valence-corrected chi connectivity index (χ2v) is 3.96. The number of amides is 2. The van der Waals surface area contributed by atoms with Crippen LogP contribution in [0.5, 0.6) is 0 Å². The van der Waals surface area contributed by atoms with E-state index in [1.807, 2.05) is 13.0 Å². The van der Waals surface area contributed by atoms with Crippen molar-refractivity contribution in [1.29, 1.82) is 0 Å². The average molecular weight is 265 g/mol. The zero-order valence-electron chi connectivity index (χ0n) is 11.2. The van der Waals surface area contributed by atoms with Crippen molar-refractivity contribution >= 4 is 23.2 Å². The number of rotatable bonds is 6. The fraction of sp³-hybridized carbons (Fsp3) is 0.385. The lowest BCUT2D eigenvalue weighted by Gasteiger charge is -2.12. The number of carbonyl (C=O) groups excluding carboxylic acids is 2. The standard InChI is InChI=1S/C13H19N3O3/c1-3-9-4-5-10(15-13(18)8-19-2)6-11(9)16-12(17)7-14/h4-6H,3,7-8,14H2,1-2H3,(H,15,18)(H,16,17). The zero-order chi connectivity index (χ0) is 14.3. The van der Waals surface area contributed by atoms with Gasteiger partial charge in [-0.05, 0) is 24.1 Å². The molecule has 6 nitrogen and oxygen atoms in total. The number of methoxy groups -OCH3 is 1. The lowest BCUT2D eigenvalue weighted by molar-refractivity contribution is -0.119. The Balaban J connectivity index is 2.88. The van der Waals surface area contributed by atoms with Gasteiger partial charge in [0.25, 0.3) is 0 Å². The van der Waals surface area contributed by atoms with E-state index in [4.69, 9.17) is 10.5 Å². The first-order chi connectivity index (χ1) is 9.10. The van der Waals surface area contributed by atoms with Crippen molar-refractivity contribution in [3.05, 3.63) is 23.8 Å². The molecule has 0 saturated heterocycles. The topological polar surface area (TPSA) is 93.5 Å². The Hall–Kier alpha value is -1.92. The van der Waals surface area contributed by atoms with E-state index in [-0.39, 0.29) is 25.0 Å². The number of carbonyl (C=O) groups is 2. The molecule has 0 aliphatic carbocycles. The van der Waals surface area contributed by atoms with Crippen molar-refractivity contribution in [3.8, 4) is 0 Å². The van der Waals surface area contributed by atoms with Gasteiger partial charge in [0.1, 0.15) is 6.61 Å². The second kappa shape index (κ2) is 7.50. The molecule has 1 rings (SSSR count). The van der Waals surface area contributed by atoms with Crippen molar-refractivity contribution in [3.63, 3.8) is 0 Å². The van der Waals surface area contributed by atoms with Gasteiger partial charge in [0.2, 0.25) is 11.8 Å². The van der Waals surface area contributed by atoms with Crippen molar-refractivity contribution in [2.24, 2.45) is 5.73 Å². The molecule has 4 N–H and O–H groups in total. The van der Waals surface area contributed by atoms with E-state index >= 15 is 0 Å². The summed E-state index contributed by atoms with van der Waals surface area (Å²) >= 11 is 0. The molecule has 19 heavy (non-hydrogen) atoms. The molecular weight excluding hydrogens is 246 g/mol. The van der Waals surface area contributed by atoms with Crippen LogP contribution in [-0.4, -0.2) is 32.1 Å². The fourth-order valence-electron chi connectivity index (χ4n) is 1.61. The van der Waals surface area contributed by atoms with Gasteiger partial charge in [0, 0.05) is 18.5 Å². The van der Waals surface area contributed by atoms with Crippen LogP contribution < -0.4 is 16.4 Å². The Labute approximate surface area is 112 Å². The third-order valence-corrected chi connectivity index (χ3v) is 2.51. The molecule has 0 aromatic heterocycles. The van der Waals surface area contributed by atoms with Crippen LogP contribution in [0.3, 0.4) is 0 Å². The maximum Gasteiger partial charge on any atom is 0.250 e. The molecule has 0 aliphatic rings. The number of benzene rings is 1. The van der Waals surface area contributed by atoms with Gasteiger partial charge in [-0.25, -0.2) is 0 Å². The molecule has 0 saturated carbocycles. The first-order valence-electron chi connectivity index (χ1n) is 6.02. The van der Waals surface area contributed by atoms with Gasteiger partial charge < -0.3 is 21.1 Å². The lowest BCUT2D eigenvalue weighted by Crippen LogP contribution is -2.23. The number of hydrogen-bond donors (Lipinski definition) is 3. The average Bonchev–Trinajstić information content (AvgIpc) is 2.39. The van der Waals surface area contributed by atoms with Gasteiger partial charge >= 0.3 is 0 Å². The Morgan fingerprint density at radius 2 is 2.00 bits per heavy atom. The van der Waals surface area contributed by atoms with Crippen molar-refractivity contribution in [1.82, 2.24) is 0 Å². The highest BCUT2D eigenvalue weighted by atomic mass is 16.5. The number of aryl methyl sites for hydroxylation is 1. The van der Waals surface area contributed by atoms with Crippen LogP contribution >= 0.6 is 0 Å². The minimum atomic E-state index is -0.268. The van der Waals surface area contributed by atoms with Crippen LogP contribution in [0, 0.1) is 0 Å². The van der Waals surface area contributed by atoms with Gasteiger partial charge in [-0.1, -0.05) is 13.0 Å². The van der Waals surface area contributed by atoms with Crippen LogP contribution in [0.1, 0.15) is 12.5 Å². The van der Waals surface area contributed by atoms with Crippen molar-refractivity contribution in [2.45, 2.75) is 13.3 Å². The summed E-state index contributed by atoms with van der Waals surface area (Å²) in [7, 11) is 1.45. The number of nitrogens with two attached hydrogens (primary N) is 1. The van der Waals surface area contributed by atoms with Crippen LogP contribution in [-0.2, 0) is 20.7 Å². The van der Waals surface area contributed by atoms with E-state index in [0.29, 0.717) is 11.4 Å². The van der Waals surface area contributed by atoms with Gasteiger partial charge in [-0.2, -0.15) is 0 Å². The van der Waals surface area contributed by atoms with Gasteiger partial charge in [0.05, 0.1) is 6.54 Å². The molecule has 2 amide bonds. The fourth-order valence-corrected chi connectivity index (χ4v) is 1.61. The third-order valence-electron chi connectivity index (χ3n) is 2.51. The monoisotopic (exact) mass is 265 g/mol. The quantitative estimate of drug-likeness (QED) is 0.707. The highest BCUT2D eigenvalue weighted by Gasteiger charge is 2.07. The van der Waals surface area contributed by atoms with Crippen LogP contribution in [0.2, 0.25) is 0 Å². The lowest BCUT2D eigenvalue weighted by atomic mass is 10.1. The van der Waals surface area contributed by atoms with Crippen LogP contribution in [0.25, 0.3) is 0 Å². The minimum absolute atomic E-state index is 0.0139. The Kier molecular flexibility index (Phi) is 5.98. The number of anilines is 2. The summed E-state index contributed by atoms with van der Waals surface area (Å²) in [6, 6.07) is 5.35. The van der Waals surface area contributed by atoms with Gasteiger partial charge in [-0.3, -0.25) is 9.59 Å². The van der Waals surface area contributed by atoms with Crippen LogP contribution in [0.15, 0.2) is 18.2 Å². The maximum absolute atomic E-state index is 11.4. The summed E-state index contributed by atoms with van der Waals surface area (Å²) in [4.78, 5) is 22.8. The summed E-state index contributed by atoms with van der Waals surface area (Å²) in [6.07, 6.45) is 0.770. The highest BCUT2D eigenvalue weighted by molar-refractivity contribution is 5.95. The molecule has 0 fully saturated rings. The predicted octanol–water partition coefficient (Wildman–Crippen LogP) is 0.731. The Bertz CT molecular complexity index is 460. The molecular formula is C13H19N3O3. The van der Waals surface area contributed by atoms with E-state index in [9.17, 15) is 9.59 Å². The normalized spacial score (nSPS) is 10.1. The SMILES string of the molecule is CCc1ccc(NC(=O)COC)cc1NC(=O)CN. The second-order valence-electron chi connectivity index (χ2n) is 3.96. The van der Waals surface area contributed by atoms with E-state index < -0.39 is 0 Å². The molecule has 1 aromatic rings. The van der Waals surface area contributed by atoms with Gasteiger partial charge in [0.15, 0.2) is 0 Å². The largest absolute Gasteiger partial charge is 0.375 e. The molecule has 0 spiro atoms. The predicted molar refractivity (Wildman–Crippen MR) is 74.0 cm³/mol. The molecule has 1 aromatic carbocycles. The summed E-state index contributed by atoms with van der Waals surface area (Å²) < 4.78 is 4.73. The Morgan fingerprint density at radius 1 is 1.26 bits per heavy atom. The van der Waals surface area contributed by atoms with Crippen molar-refractivity contribution < 1.29 is 14.3 Å². The molecule has 0 unspecified atom stereocenters. The molecule has 0 aliphatic heterocycles. The molecule has 0 heterocycles. The summed E-state index contributed by atoms with van der Waals surface area (Å²) in [5, 5.41) is 5.39. The summed E-state index contributed by atoms with van der Waals surface area (Å²) in [5.41, 5.74) is 7.51. The minimum Gasteiger partial charge on any atom is -0.375 e. The van der Waals surface area contributed by atoms with Crippen LogP contribution in [0.4, 0.5) is 11.4 Å². The van der Waals surface area contributed by atoms with E-state index in [1.54, 1.807) is 12.1 Å². The summed E-state index contributed by atoms with van der Waals surface area (Å²) in [5.74, 6) is -0.516. The van der Waals surface area contributed by atoms with E-state index in [0.717, 1.165) is 12.0 Å². The van der Waals surface area contributed by atoms with Crippen molar-refractivity contribution in [2.75, 3.05) is 30.9 Å². The number of hydrogen-bond acceptors (Lipinski definition) is 4. The first-order valence-corrected chi connectivity index (χ1v) is 6.02. The molecule has 0 bridgehead atoms. The van der Waals surface area contributed by atoms with E-state index in [1.165, 1.54) is 7.11 Å². The van der Waals surface area contributed by atoms with Gasteiger partial charge in [-0.15, -0.1) is 0 Å². The smallest absolute Gasteiger partial charge is 0.250 e. The number of ether oxygens (including phenoxy) is 1. The molecule has 104 valence electrons. The molecule has 6 heteroatoms.